The Morgan fingerprint density at radius 3 is 3.00 bits per heavy atom. The fourth-order valence-corrected chi connectivity index (χ4v) is 1.59. The van der Waals surface area contributed by atoms with E-state index < -0.39 is 5.97 Å². The van der Waals surface area contributed by atoms with E-state index in [-0.39, 0.29) is 18.2 Å². The van der Waals surface area contributed by atoms with Crippen LogP contribution in [0, 0.1) is 5.92 Å². The first-order valence-electron chi connectivity index (χ1n) is 4.62. The molecule has 0 bridgehead atoms. The zero-order valence-corrected chi connectivity index (χ0v) is 7.82. The molecule has 1 heterocycles. The number of hydrogen-bond donors (Lipinski definition) is 1. The lowest BCUT2D eigenvalue weighted by molar-refractivity contribution is -0.141. The minimum absolute atomic E-state index is 0.0540. The van der Waals surface area contributed by atoms with Gasteiger partial charge in [-0.25, -0.2) is 0 Å². The number of nitrogens with zero attached hydrogens (tertiary/aromatic N) is 1. The fourth-order valence-electron chi connectivity index (χ4n) is 1.59. The number of likely N-dealkylation sites (tertiary alicyclic amines) is 1. The van der Waals surface area contributed by atoms with Gasteiger partial charge in [-0.15, -0.1) is 0 Å². The van der Waals surface area contributed by atoms with E-state index in [1.807, 2.05) is 6.92 Å². The number of carbonyl (C=O) groups excluding carboxylic acids is 1. The molecule has 1 rings (SSSR count). The molecular weight excluding hydrogens is 170 g/mol. The van der Waals surface area contributed by atoms with E-state index in [1.54, 1.807) is 4.90 Å². The quantitative estimate of drug-likeness (QED) is 0.704. The molecule has 1 fully saturated rings. The summed E-state index contributed by atoms with van der Waals surface area (Å²) in [6.45, 7) is 2.98. The second-order valence-electron chi connectivity index (χ2n) is 3.51. The molecule has 1 aliphatic rings. The van der Waals surface area contributed by atoms with Gasteiger partial charge in [0.2, 0.25) is 5.91 Å². The number of amides is 1. The molecule has 0 aromatic carbocycles. The molecule has 0 radical (unpaired) electrons. The van der Waals surface area contributed by atoms with Crippen LogP contribution in [0.25, 0.3) is 0 Å². The number of carbonyl (C=O) groups is 2. The summed E-state index contributed by atoms with van der Waals surface area (Å²) in [5.74, 6) is -0.666. The molecule has 0 saturated carbocycles. The highest BCUT2D eigenvalue weighted by molar-refractivity contribution is 5.79. The number of hydrogen-bond acceptors (Lipinski definition) is 2. The largest absolute Gasteiger partial charge is 0.481 e. The summed E-state index contributed by atoms with van der Waals surface area (Å²) in [5.41, 5.74) is 0. The van der Waals surface area contributed by atoms with Gasteiger partial charge in [-0.3, -0.25) is 9.59 Å². The van der Waals surface area contributed by atoms with E-state index in [9.17, 15) is 9.59 Å². The third-order valence-corrected chi connectivity index (χ3v) is 2.39. The number of rotatable bonds is 3. The van der Waals surface area contributed by atoms with Gasteiger partial charge in [0.1, 0.15) is 0 Å². The number of carboxylic acids is 1. The van der Waals surface area contributed by atoms with E-state index in [1.165, 1.54) is 0 Å². The van der Waals surface area contributed by atoms with Gasteiger partial charge in [-0.1, -0.05) is 6.92 Å². The van der Waals surface area contributed by atoms with Crippen LogP contribution in [0.3, 0.4) is 0 Å². The van der Waals surface area contributed by atoms with E-state index in [0.717, 1.165) is 19.4 Å². The van der Waals surface area contributed by atoms with Crippen molar-refractivity contribution in [2.45, 2.75) is 26.2 Å². The Morgan fingerprint density at radius 2 is 2.38 bits per heavy atom. The Kier molecular flexibility index (Phi) is 3.28. The average molecular weight is 185 g/mol. The normalized spacial score (nSPS) is 23.3. The lowest BCUT2D eigenvalue weighted by Gasteiger charge is -2.30. The van der Waals surface area contributed by atoms with E-state index >= 15 is 0 Å². The first-order chi connectivity index (χ1) is 6.11. The second kappa shape index (κ2) is 4.25. The van der Waals surface area contributed by atoms with Crippen LogP contribution in [0.5, 0.6) is 0 Å². The predicted molar refractivity (Wildman–Crippen MR) is 47.2 cm³/mol. The first-order valence-corrected chi connectivity index (χ1v) is 4.62. The van der Waals surface area contributed by atoms with Crippen molar-refractivity contribution in [2.75, 3.05) is 13.1 Å². The highest BCUT2D eigenvalue weighted by Crippen LogP contribution is 2.16. The van der Waals surface area contributed by atoms with Crippen LogP contribution in [0.15, 0.2) is 0 Å². The Hall–Kier alpha value is -1.06. The van der Waals surface area contributed by atoms with Gasteiger partial charge in [0, 0.05) is 19.0 Å². The Bertz CT molecular complexity index is 215. The fraction of sp³-hybridized carbons (Fsp3) is 0.778. The molecule has 1 aliphatic heterocycles. The van der Waals surface area contributed by atoms with Crippen LogP contribution in [-0.4, -0.2) is 35.0 Å². The lowest BCUT2D eigenvalue weighted by Crippen LogP contribution is -2.41. The third-order valence-electron chi connectivity index (χ3n) is 2.39. The molecule has 1 unspecified atom stereocenters. The van der Waals surface area contributed by atoms with E-state index in [0.29, 0.717) is 6.54 Å². The number of piperidine rings is 1. The maximum Gasteiger partial charge on any atom is 0.305 e. The highest BCUT2D eigenvalue weighted by atomic mass is 16.4. The molecule has 1 saturated heterocycles. The zero-order chi connectivity index (χ0) is 9.84. The van der Waals surface area contributed by atoms with Gasteiger partial charge < -0.3 is 10.0 Å². The van der Waals surface area contributed by atoms with Crippen molar-refractivity contribution in [3.05, 3.63) is 0 Å². The van der Waals surface area contributed by atoms with Crippen LogP contribution in [0.2, 0.25) is 0 Å². The van der Waals surface area contributed by atoms with Gasteiger partial charge in [0.15, 0.2) is 0 Å². The van der Waals surface area contributed by atoms with Crippen molar-refractivity contribution in [2.24, 2.45) is 5.92 Å². The summed E-state index contributed by atoms with van der Waals surface area (Å²) >= 11 is 0. The Balaban J connectivity index is 2.40. The lowest BCUT2D eigenvalue weighted by atomic mass is 9.99. The van der Waals surface area contributed by atoms with Crippen LogP contribution < -0.4 is 0 Å². The number of aliphatic carboxylic acids is 1. The van der Waals surface area contributed by atoms with Gasteiger partial charge in [0.25, 0.3) is 0 Å². The van der Waals surface area contributed by atoms with Gasteiger partial charge in [0.05, 0.1) is 6.42 Å². The maximum atomic E-state index is 11.5. The van der Waals surface area contributed by atoms with Crippen molar-refractivity contribution in [1.29, 1.82) is 0 Å². The predicted octanol–water partition coefficient (Wildman–Crippen LogP) is 0.720. The summed E-state index contributed by atoms with van der Waals surface area (Å²) in [7, 11) is 0. The van der Waals surface area contributed by atoms with Crippen LogP contribution >= 0.6 is 0 Å². The first kappa shape index (κ1) is 10.0. The summed E-state index contributed by atoms with van der Waals surface area (Å²) in [6, 6.07) is 0. The van der Waals surface area contributed by atoms with Crippen molar-refractivity contribution in [1.82, 2.24) is 4.90 Å². The molecule has 1 atom stereocenters. The number of carboxylic acid groups (broad SMARTS) is 1. The van der Waals surface area contributed by atoms with Crippen molar-refractivity contribution in [3.63, 3.8) is 0 Å². The molecular formula is C9H15NO3. The zero-order valence-electron chi connectivity index (χ0n) is 7.82. The van der Waals surface area contributed by atoms with Crippen molar-refractivity contribution < 1.29 is 14.7 Å². The minimum Gasteiger partial charge on any atom is -0.481 e. The Morgan fingerprint density at radius 1 is 1.69 bits per heavy atom. The molecule has 0 aromatic heterocycles. The molecule has 1 N–H and O–H groups in total. The summed E-state index contributed by atoms with van der Waals surface area (Å²) < 4.78 is 0. The second-order valence-corrected chi connectivity index (χ2v) is 3.51. The molecule has 0 aliphatic carbocycles. The van der Waals surface area contributed by atoms with Gasteiger partial charge in [-0.2, -0.15) is 0 Å². The smallest absolute Gasteiger partial charge is 0.305 e. The van der Waals surface area contributed by atoms with Crippen LogP contribution in [0.1, 0.15) is 26.2 Å². The summed E-state index contributed by atoms with van der Waals surface area (Å²) in [4.78, 5) is 23.4. The van der Waals surface area contributed by atoms with Crippen molar-refractivity contribution in [3.8, 4) is 0 Å². The molecule has 13 heavy (non-hydrogen) atoms. The molecule has 0 spiro atoms. The topological polar surface area (TPSA) is 57.6 Å². The standard InChI is InChI=1S/C9H15NO3/c1-7-3-2-5-10(9(7)13)6-4-8(11)12/h7H,2-6H2,1H3,(H,11,12). The van der Waals surface area contributed by atoms with E-state index in [2.05, 4.69) is 0 Å². The van der Waals surface area contributed by atoms with Crippen molar-refractivity contribution >= 4 is 11.9 Å². The molecule has 74 valence electrons. The summed E-state index contributed by atoms with van der Waals surface area (Å²) in [5, 5.41) is 8.46. The summed E-state index contributed by atoms with van der Waals surface area (Å²) in [6.07, 6.45) is 1.98. The highest BCUT2D eigenvalue weighted by Gasteiger charge is 2.24. The Labute approximate surface area is 77.5 Å². The average Bonchev–Trinajstić information content (AvgIpc) is 2.07. The van der Waals surface area contributed by atoms with E-state index in [4.69, 9.17) is 5.11 Å². The minimum atomic E-state index is -0.842. The van der Waals surface area contributed by atoms with Crippen LogP contribution in [0.4, 0.5) is 0 Å². The molecule has 4 heteroatoms. The molecule has 0 aromatic rings. The molecule has 1 amide bonds. The van der Waals surface area contributed by atoms with Crippen LogP contribution in [-0.2, 0) is 9.59 Å². The SMILES string of the molecule is CC1CCCN(CCC(=O)O)C1=O. The monoisotopic (exact) mass is 185 g/mol. The van der Waals surface area contributed by atoms with Gasteiger partial charge in [-0.05, 0) is 12.8 Å². The van der Waals surface area contributed by atoms with Gasteiger partial charge >= 0.3 is 5.97 Å². The molecule has 4 nitrogen and oxygen atoms in total. The maximum absolute atomic E-state index is 11.5. The third kappa shape index (κ3) is 2.72.